The van der Waals surface area contributed by atoms with Gasteiger partial charge in [0.15, 0.2) is 11.5 Å². The van der Waals surface area contributed by atoms with E-state index >= 15 is 0 Å². The van der Waals surface area contributed by atoms with E-state index in [-0.39, 0.29) is 5.54 Å². The smallest absolute Gasteiger partial charge is 0.166 e. The van der Waals surface area contributed by atoms with Crippen molar-refractivity contribution in [3.05, 3.63) is 23.8 Å². The highest BCUT2D eigenvalue weighted by atomic mass is 16.5. The van der Waals surface area contributed by atoms with Crippen LogP contribution in [0.25, 0.3) is 0 Å². The molecule has 1 aromatic carbocycles. The van der Waals surface area contributed by atoms with Crippen molar-refractivity contribution in [2.75, 3.05) is 34.4 Å². The number of fused-ring (bicyclic) bond motifs is 1. The Morgan fingerprint density at radius 1 is 1.44 bits per heavy atom. The van der Waals surface area contributed by atoms with Crippen LogP contribution in [0.5, 0.6) is 11.5 Å². The third-order valence-electron chi connectivity index (χ3n) is 3.88. The minimum Gasteiger partial charge on any atom is -0.493 e. The zero-order valence-electron chi connectivity index (χ0n) is 11.4. The monoisotopic (exact) mass is 250 g/mol. The minimum absolute atomic E-state index is 0.166. The summed E-state index contributed by atoms with van der Waals surface area (Å²) in [6.07, 6.45) is 1.99. The van der Waals surface area contributed by atoms with Crippen molar-refractivity contribution in [1.82, 2.24) is 4.90 Å². The van der Waals surface area contributed by atoms with Crippen molar-refractivity contribution in [2.45, 2.75) is 18.4 Å². The molecule has 1 atom stereocenters. The van der Waals surface area contributed by atoms with Gasteiger partial charge < -0.3 is 15.2 Å². The standard InChI is InChI=1S/C14H22N2O2/c1-16(2)14(10-15)8-5-9-18-13-11(14)6-4-7-12(13)17-3/h4,6-7H,5,8-10,15H2,1-3H3. The van der Waals surface area contributed by atoms with E-state index in [2.05, 4.69) is 25.1 Å². The number of likely N-dealkylation sites (N-methyl/N-ethyl adjacent to an activating group) is 1. The molecular formula is C14H22N2O2. The Morgan fingerprint density at radius 2 is 2.22 bits per heavy atom. The lowest BCUT2D eigenvalue weighted by Crippen LogP contribution is -2.47. The molecule has 0 fully saturated rings. The first-order valence-electron chi connectivity index (χ1n) is 6.33. The third kappa shape index (κ3) is 1.95. The highest BCUT2D eigenvalue weighted by molar-refractivity contribution is 5.50. The van der Waals surface area contributed by atoms with Crippen LogP contribution in [0.15, 0.2) is 18.2 Å². The maximum absolute atomic E-state index is 6.08. The van der Waals surface area contributed by atoms with E-state index in [0.717, 1.165) is 29.9 Å². The highest BCUT2D eigenvalue weighted by Gasteiger charge is 2.38. The van der Waals surface area contributed by atoms with Crippen molar-refractivity contribution in [1.29, 1.82) is 0 Å². The molecule has 2 rings (SSSR count). The molecule has 4 heteroatoms. The van der Waals surface area contributed by atoms with E-state index in [9.17, 15) is 0 Å². The van der Waals surface area contributed by atoms with Crippen LogP contribution >= 0.6 is 0 Å². The summed E-state index contributed by atoms with van der Waals surface area (Å²) in [4.78, 5) is 2.19. The summed E-state index contributed by atoms with van der Waals surface area (Å²) in [5.41, 5.74) is 7.04. The van der Waals surface area contributed by atoms with Gasteiger partial charge in [-0.3, -0.25) is 4.90 Å². The molecule has 18 heavy (non-hydrogen) atoms. The summed E-state index contributed by atoms with van der Waals surface area (Å²) in [6.45, 7) is 1.28. The molecule has 4 nitrogen and oxygen atoms in total. The molecule has 1 aromatic rings. The van der Waals surface area contributed by atoms with Gasteiger partial charge in [0.1, 0.15) is 0 Å². The molecule has 1 heterocycles. The second kappa shape index (κ2) is 5.16. The second-order valence-electron chi connectivity index (χ2n) is 4.92. The average Bonchev–Trinajstić information content (AvgIpc) is 2.58. The van der Waals surface area contributed by atoms with Gasteiger partial charge in [0.05, 0.1) is 19.3 Å². The number of hydrogen-bond donors (Lipinski definition) is 1. The van der Waals surface area contributed by atoms with Crippen LogP contribution in [0.2, 0.25) is 0 Å². The van der Waals surface area contributed by atoms with Crippen LogP contribution < -0.4 is 15.2 Å². The predicted octanol–water partition coefficient (Wildman–Crippen LogP) is 1.58. The fourth-order valence-electron chi connectivity index (χ4n) is 2.72. The molecule has 2 N–H and O–H groups in total. The molecule has 0 bridgehead atoms. The Kier molecular flexibility index (Phi) is 3.78. The Balaban J connectivity index is 2.60. The molecular weight excluding hydrogens is 228 g/mol. The van der Waals surface area contributed by atoms with Gasteiger partial charge in [-0.15, -0.1) is 0 Å². The maximum Gasteiger partial charge on any atom is 0.166 e. The number of ether oxygens (including phenoxy) is 2. The number of methoxy groups -OCH3 is 1. The van der Waals surface area contributed by atoms with Crippen LogP contribution in [0.3, 0.4) is 0 Å². The number of nitrogens with two attached hydrogens (primary N) is 1. The first-order valence-corrected chi connectivity index (χ1v) is 6.33. The van der Waals surface area contributed by atoms with Gasteiger partial charge in [0.2, 0.25) is 0 Å². The number of hydrogen-bond acceptors (Lipinski definition) is 4. The lowest BCUT2D eigenvalue weighted by atomic mass is 9.84. The van der Waals surface area contributed by atoms with Gasteiger partial charge in [0.25, 0.3) is 0 Å². The Labute approximate surface area is 109 Å². The van der Waals surface area contributed by atoms with E-state index in [1.807, 2.05) is 12.1 Å². The summed E-state index contributed by atoms with van der Waals surface area (Å²) in [7, 11) is 5.81. The first-order chi connectivity index (χ1) is 8.65. The van der Waals surface area contributed by atoms with E-state index in [4.69, 9.17) is 15.2 Å². The van der Waals surface area contributed by atoms with Crippen molar-refractivity contribution >= 4 is 0 Å². The number of para-hydroxylation sites is 1. The molecule has 100 valence electrons. The van der Waals surface area contributed by atoms with Crippen LogP contribution in [0.1, 0.15) is 18.4 Å². The average molecular weight is 250 g/mol. The van der Waals surface area contributed by atoms with Gasteiger partial charge in [-0.25, -0.2) is 0 Å². The number of rotatable bonds is 3. The topological polar surface area (TPSA) is 47.7 Å². The Morgan fingerprint density at radius 3 is 2.83 bits per heavy atom. The van der Waals surface area contributed by atoms with Crippen LogP contribution in [-0.2, 0) is 5.54 Å². The Bertz CT molecular complexity index is 420. The van der Waals surface area contributed by atoms with Gasteiger partial charge in [-0.1, -0.05) is 12.1 Å². The molecule has 0 radical (unpaired) electrons. The van der Waals surface area contributed by atoms with E-state index in [1.54, 1.807) is 7.11 Å². The fourth-order valence-corrected chi connectivity index (χ4v) is 2.72. The van der Waals surface area contributed by atoms with Crippen molar-refractivity contribution < 1.29 is 9.47 Å². The maximum atomic E-state index is 6.08. The van der Waals surface area contributed by atoms with Gasteiger partial charge >= 0.3 is 0 Å². The van der Waals surface area contributed by atoms with E-state index in [1.165, 1.54) is 0 Å². The first kappa shape index (κ1) is 13.2. The molecule has 0 saturated carbocycles. The zero-order valence-corrected chi connectivity index (χ0v) is 11.4. The largest absolute Gasteiger partial charge is 0.493 e. The molecule has 0 aromatic heterocycles. The summed E-state index contributed by atoms with van der Waals surface area (Å²) < 4.78 is 11.3. The molecule has 0 aliphatic carbocycles. The number of nitrogens with zero attached hydrogens (tertiary/aromatic N) is 1. The fraction of sp³-hybridized carbons (Fsp3) is 0.571. The molecule has 1 unspecified atom stereocenters. The normalized spacial score (nSPS) is 23.2. The molecule has 1 aliphatic heterocycles. The summed E-state index contributed by atoms with van der Waals surface area (Å²) >= 11 is 0. The molecule has 0 saturated heterocycles. The SMILES string of the molecule is COc1cccc2c1OCCCC2(CN)N(C)C. The van der Waals surface area contributed by atoms with Gasteiger partial charge in [0, 0.05) is 12.1 Å². The molecule has 0 amide bonds. The lowest BCUT2D eigenvalue weighted by Gasteiger charge is -2.39. The van der Waals surface area contributed by atoms with E-state index < -0.39 is 0 Å². The molecule has 1 aliphatic rings. The second-order valence-corrected chi connectivity index (χ2v) is 4.92. The van der Waals surface area contributed by atoms with Crippen LogP contribution in [0, 0.1) is 0 Å². The van der Waals surface area contributed by atoms with Crippen molar-refractivity contribution in [2.24, 2.45) is 5.73 Å². The van der Waals surface area contributed by atoms with Crippen LogP contribution in [-0.4, -0.2) is 39.3 Å². The summed E-state index contributed by atoms with van der Waals surface area (Å²) in [5.74, 6) is 1.63. The third-order valence-corrected chi connectivity index (χ3v) is 3.88. The Hall–Kier alpha value is -1.26. The van der Waals surface area contributed by atoms with Gasteiger partial charge in [-0.2, -0.15) is 0 Å². The molecule has 0 spiro atoms. The quantitative estimate of drug-likeness (QED) is 0.885. The number of benzene rings is 1. The van der Waals surface area contributed by atoms with Crippen molar-refractivity contribution in [3.63, 3.8) is 0 Å². The van der Waals surface area contributed by atoms with E-state index in [0.29, 0.717) is 13.2 Å². The minimum atomic E-state index is -0.166. The summed E-state index contributed by atoms with van der Waals surface area (Å²) in [5, 5.41) is 0. The highest BCUT2D eigenvalue weighted by Crippen LogP contribution is 2.43. The van der Waals surface area contributed by atoms with Gasteiger partial charge in [-0.05, 0) is 33.0 Å². The summed E-state index contributed by atoms with van der Waals surface area (Å²) in [6, 6.07) is 6.03. The van der Waals surface area contributed by atoms with Crippen molar-refractivity contribution in [3.8, 4) is 11.5 Å². The predicted molar refractivity (Wildman–Crippen MR) is 72.1 cm³/mol. The lowest BCUT2D eigenvalue weighted by molar-refractivity contribution is 0.147. The van der Waals surface area contributed by atoms with Crippen LogP contribution in [0.4, 0.5) is 0 Å². The zero-order chi connectivity index (χ0) is 13.2.